The van der Waals surface area contributed by atoms with Crippen molar-refractivity contribution in [1.29, 1.82) is 0 Å². The maximum Gasteiger partial charge on any atom is 0.349 e. The van der Waals surface area contributed by atoms with Gasteiger partial charge in [-0.15, -0.1) is 5.06 Å². The van der Waals surface area contributed by atoms with E-state index in [4.69, 9.17) is 4.84 Å². The van der Waals surface area contributed by atoms with Gasteiger partial charge in [0.05, 0.1) is 0 Å². The Morgan fingerprint density at radius 3 is 2.07 bits per heavy atom. The van der Waals surface area contributed by atoms with Gasteiger partial charge in [-0.1, -0.05) is 33.3 Å². The van der Waals surface area contributed by atoms with Crippen LogP contribution in [0.1, 0.15) is 39.5 Å². The van der Waals surface area contributed by atoms with E-state index in [0.29, 0.717) is 0 Å². The maximum atomic E-state index is 11.0. The first-order valence-electron chi connectivity index (χ1n) is 5.33. The normalized spacial score (nSPS) is 9.53. The molecule has 84 valence electrons. The van der Waals surface area contributed by atoms with E-state index in [2.05, 4.69) is 20.4 Å². The molecule has 3 nitrogen and oxygen atoms in total. The van der Waals surface area contributed by atoms with Crippen LogP contribution in [0.5, 0.6) is 0 Å². The Labute approximate surface area is 106 Å². The molecule has 0 atom stereocenters. The number of hydroxylamine groups is 2. The van der Waals surface area contributed by atoms with Crippen molar-refractivity contribution in [3.8, 4) is 0 Å². The van der Waals surface area contributed by atoms with E-state index < -0.39 is 0 Å². The van der Waals surface area contributed by atoms with Crippen molar-refractivity contribution in [2.45, 2.75) is 39.5 Å². The van der Waals surface area contributed by atoms with Crippen LogP contribution in [-0.4, -0.2) is 24.1 Å². The molecular weight excluding hydrogens is 244 g/mol. The molecule has 0 aliphatic rings. The van der Waals surface area contributed by atoms with Gasteiger partial charge in [0.2, 0.25) is 0 Å². The Balaban J connectivity index is 0. The average molecular weight is 265 g/mol. The van der Waals surface area contributed by atoms with E-state index in [1.54, 1.807) is 5.06 Å². The van der Waals surface area contributed by atoms with Crippen LogP contribution in [0.25, 0.3) is 0 Å². The van der Waals surface area contributed by atoms with E-state index in [1.807, 2.05) is 0 Å². The molecule has 0 aromatic rings. The Morgan fingerprint density at radius 2 is 1.73 bits per heavy atom. The molecule has 4 heteroatoms. The number of hydrogen-bond donors (Lipinski definition) is 0. The summed E-state index contributed by atoms with van der Waals surface area (Å²) in [5, 5.41) is 1.73. The van der Waals surface area contributed by atoms with Crippen molar-refractivity contribution in [3.05, 3.63) is 12.7 Å². The summed E-state index contributed by atoms with van der Waals surface area (Å²) in [7, 11) is 0. The Morgan fingerprint density at radius 1 is 1.27 bits per heavy atom. The molecule has 0 aliphatic carbocycles. The third-order valence-electron chi connectivity index (χ3n) is 1.91. The molecule has 0 aliphatic heterocycles. The number of unbranched alkanes of at least 4 members (excludes halogenated alkanes) is 2. The van der Waals surface area contributed by atoms with Crippen LogP contribution in [0.4, 0.5) is 0 Å². The largest absolute Gasteiger partial charge is 0.364 e. The molecule has 15 heavy (non-hydrogen) atoms. The molecule has 0 N–H and O–H groups in total. The van der Waals surface area contributed by atoms with Crippen molar-refractivity contribution < 1.29 is 29.1 Å². The molecular formula is C11H21NO2Zn. The topological polar surface area (TPSA) is 29.5 Å². The first-order chi connectivity index (χ1) is 6.74. The Bertz CT molecular complexity index is 166. The fraction of sp³-hybridized carbons (Fsp3) is 0.727. The number of carbonyl (C=O) groups is 1. The first kappa shape index (κ1) is 17.2. The van der Waals surface area contributed by atoms with Crippen molar-refractivity contribution >= 4 is 5.97 Å². The minimum Gasteiger partial charge on any atom is -0.364 e. The van der Waals surface area contributed by atoms with Crippen molar-refractivity contribution in [3.63, 3.8) is 0 Å². The summed E-state index contributed by atoms with van der Waals surface area (Å²) in [6.07, 6.45) is 5.51. The minimum absolute atomic E-state index is 0. The molecule has 0 spiro atoms. The summed E-state index contributed by atoms with van der Waals surface area (Å²) < 4.78 is 0. The third-order valence-corrected chi connectivity index (χ3v) is 1.91. The van der Waals surface area contributed by atoms with Crippen molar-refractivity contribution in [1.82, 2.24) is 5.06 Å². The van der Waals surface area contributed by atoms with Gasteiger partial charge in [-0.05, 0) is 12.8 Å². The van der Waals surface area contributed by atoms with Crippen molar-refractivity contribution in [2.24, 2.45) is 0 Å². The molecule has 0 saturated heterocycles. The molecule has 0 rings (SSSR count). The summed E-state index contributed by atoms with van der Waals surface area (Å²) in [6, 6.07) is 0. The second-order valence-electron chi connectivity index (χ2n) is 3.25. The van der Waals surface area contributed by atoms with E-state index >= 15 is 0 Å². The fourth-order valence-corrected chi connectivity index (χ4v) is 1.04. The predicted molar refractivity (Wildman–Crippen MR) is 57.7 cm³/mol. The molecule has 0 aromatic carbocycles. The Kier molecular flexibility index (Phi) is 13.6. The van der Waals surface area contributed by atoms with Crippen LogP contribution >= 0.6 is 0 Å². The van der Waals surface area contributed by atoms with E-state index in [9.17, 15) is 4.79 Å². The van der Waals surface area contributed by atoms with Gasteiger partial charge in [0.25, 0.3) is 0 Å². The van der Waals surface area contributed by atoms with Gasteiger partial charge in [0, 0.05) is 38.6 Å². The molecule has 0 radical (unpaired) electrons. The Hall–Kier alpha value is -0.207. The molecule has 0 amide bonds. The van der Waals surface area contributed by atoms with Crippen LogP contribution in [-0.2, 0) is 29.1 Å². The zero-order chi connectivity index (χ0) is 10.8. The second kappa shape index (κ2) is 11.9. The predicted octanol–water partition coefficient (Wildman–Crippen LogP) is 2.53. The number of rotatable bonds is 8. The van der Waals surface area contributed by atoms with Gasteiger partial charge < -0.3 is 4.84 Å². The standard InChI is InChI=1S/C11H21NO2.Zn/c1-4-7-9-12(10-8-5-2)14-11(13)6-3;/h6H,3-5,7-10H2,1-2H3;. The maximum absolute atomic E-state index is 11.0. The van der Waals surface area contributed by atoms with Crippen LogP contribution in [0.15, 0.2) is 12.7 Å². The summed E-state index contributed by atoms with van der Waals surface area (Å²) in [5.74, 6) is -0.364. The smallest absolute Gasteiger partial charge is 0.349 e. The second-order valence-corrected chi connectivity index (χ2v) is 3.25. The van der Waals surface area contributed by atoms with Gasteiger partial charge in [-0.3, -0.25) is 0 Å². The zero-order valence-electron chi connectivity index (χ0n) is 10.00. The average Bonchev–Trinajstić information content (AvgIpc) is 2.21. The molecule has 0 aromatic heterocycles. The van der Waals surface area contributed by atoms with E-state index in [0.717, 1.165) is 38.8 Å². The summed E-state index contributed by atoms with van der Waals surface area (Å²) >= 11 is 0. The molecule has 0 fully saturated rings. The quantitative estimate of drug-likeness (QED) is 0.383. The van der Waals surface area contributed by atoms with Gasteiger partial charge in [-0.25, -0.2) is 4.79 Å². The van der Waals surface area contributed by atoms with Crippen LogP contribution in [0.2, 0.25) is 0 Å². The van der Waals surface area contributed by atoms with E-state index in [1.165, 1.54) is 6.08 Å². The van der Waals surface area contributed by atoms with Gasteiger partial charge in [0.15, 0.2) is 0 Å². The summed E-state index contributed by atoms with van der Waals surface area (Å²) in [4.78, 5) is 16.0. The molecule has 0 unspecified atom stereocenters. The number of carbonyl (C=O) groups excluding carboxylic acids is 1. The van der Waals surface area contributed by atoms with E-state index in [-0.39, 0.29) is 25.4 Å². The fourth-order valence-electron chi connectivity index (χ4n) is 1.04. The van der Waals surface area contributed by atoms with Crippen LogP contribution in [0, 0.1) is 0 Å². The summed E-state index contributed by atoms with van der Waals surface area (Å²) in [5.41, 5.74) is 0. The number of hydrogen-bond acceptors (Lipinski definition) is 3. The molecule has 0 heterocycles. The molecule has 0 saturated carbocycles. The van der Waals surface area contributed by atoms with Gasteiger partial charge in [-0.2, -0.15) is 0 Å². The van der Waals surface area contributed by atoms with Crippen LogP contribution < -0.4 is 0 Å². The van der Waals surface area contributed by atoms with Gasteiger partial charge >= 0.3 is 5.97 Å². The van der Waals surface area contributed by atoms with Crippen LogP contribution in [0.3, 0.4) is 0 Å². The first-order valence-corrected chi connectivity index (χ1v) is 5.33. The van der Waals surface area contributed by atoms with Gasteiger partial charge in [0.1, 0.15) is 0 Å². The monoisotopic (exact) mass is 263 g/mol. The minimum atomic E-state index is -0.364. The number of nitrogens with zero attached hydrogens (tertiary/aromatic N) is 1. The van der Waals surface area contributed by atoms with Crippen molar-refractivity contribution in [2.75, 3.05) is 13.1 Å². The zero-order valence-corrected chi connectivity index (χ0v) is 13.0. The summed E-state index contributed by atoms with van der Waals surface area (Å²) in [6.45, 7) is 9.24. The third kappa shape index (κ3) is 10.1. The SMILES string of the molecule is C=CC(=O)ON(CCCC)CCCC.[Zn]. The molecule has 0 bridgehead atoms.